The molecule has 2 saturated heterocycles. The smallest absolute Gasteiger partial charge is 0.320 e. The molecule has 10 heteroatoms. The highest BCUT2D eigenvalue weighted by molar-refractivity contribution is 6.00. The summed E-state index contributed by atoms with van der Waals surface area (Å²) >= 11 is 0. The average Bonchev–Trinajstić information content (AvgIpc) is 2.48. The van der Waals surface area contributed by atoms with Gasteiger partial charge in [-0.15, -0.1) is 0 Å². The molecule has 2 fully saturated rings. The van der Waals surface area contributed by atoms with E-state index >= 15 is 0 Å². The lowest BCUT2D eigenvalue weighted by molar-refractivity contribution is -0.125. The van der Waals surface area contributed by atoms with E-state index in [0.29, 0.717) is 5.56 Å². The second-order valence-corrected chi connectivity index (χ2v) is 4.72. The average molecular weight is 307 g/mol. The molecule has 2 aliphatic heterocycles. The minimum atomic E-state index is -0.647. The number of amides is 3. The number of nitrogens with one attached hydrogen (secondary N) is 6. The topological polar surface area (TPSA) is 119 Å². The van der Waals surface area contributed by atoms with Gasteiger partial charge in [0.05, 0.1) is 6.21 Å². The van der Waals surface area contributed by atoms with E-state index in [9.17, 15) is 14.0 Å². The van der Waals surface area contributed by atoms with Crippen LogP contribution in [0.4, 0.5) is 9.18 Å². The lowest BCUT2D eigenvalue weighted by Gasteiger charge is -2.40. The molecule has 0 saturated carbocycles. The molecule has 0 aliphatic carbocycles. The van der Waals surface area contributed by atoms with Crippen LogP contribution in [0.2, 0.25) is 0 Å². The van der Waals surface area contributed by atoms with Crippen LogP contribution in [0.15, 0.2) is 29.4 Å². The molecule has 3 rings (SSSR count). The maximum Gasteiger partial charge on any atom is 0.322 e. The van der Waals surface area contributed by atoms with Gasteiger partial charge in [0.1, 0.15) is 18.0 Å². The van der Waals surface area contributed by atoms with Crippen LogP contribution in [0.25, 0.3) is 0 Å². The number of carbonyl (C=O) groups excluding carboxylic acids is 2. The molecule has 116 valence electrons. The van der Waals surface area contributed by atoms with Gasteiger partial charge in [-0.3, -0.25) is 20.9 Å². The Kier molecular flexibility index (Phi) is 3.96. The summed E-state index contributed by atoms with van der Waals surface area (Å²) in [6.45, 7) is 0. The largest absolute Gasteiger partial charge is 0.322 e. The lowest BCUT2D eigenvalue weighted by atomic mass is 10.1. The number of hydrazone groups is 1. The maximum absolute atomic E-state index is 13.4. The molecule has 3 unspecified atom stereocenters. The molecule has 22 heavy (non-hydrogen) atoms. The molecule has 1 aromatic rings. The number of urea groups is 1. The highest BCUT2D eigenvalue weighted by Gasteiger charge is 2.39. The minimum Gasteiger partial charge on any atom is -0.320 e. The summed E-state index contributed by atoms with van der Waals surface area (Å²) in [6, 6.07) is 4.99. The number of carbonyl (C=O) groups is 2. The Labute approximate surface area is 124 Å². The van der Waals surface area contributed by atoms with Crippen molar-refractivity contribution in [2.45, 2.75) is 18.5 Å². The van der Waals surface area contributed by atoms with Crippen LogP contribution in [0.5, 0.6) is 0 Å². The van der Waals surface area contributed by atoms with E-state index in [-0.39, 0.29) is 5.82 Å². The predicted octanol–water partition coefficient (Wildman–Crippen LogP) is -1.74. The standard InChI is InChI=1S/C12H14FN7O2/c13-7-4-2-1-3-6(7)5-14-19-11-15-9-8(18-20-11)10(21)17-12(22)16-9/h1-5,8-9,11,15,18-20H,(H2,16,17,21,22)/b14-5-. The summed E-state index contributed by atoms with van der Waals surface area (Å²) in [4.78, 5) is 22.8. The molecule has 0 radical (unpaired) electrons. The number of rotatable bonds is 3. The fraction of sp³-hybridized carbons (Fsp3) is 0.250. The highest BCUT2D eigenvalue weighted by Crippen LogP contribution is 2.03. The van der Waals surface area contributed by atoms with Crippen LogP contribution in [-0.2, 0) is 4.79 Å². The molecular weight excluding hydrogens is 293 g/mol. The fourth-order valence-electron chi connectivity index (χ4n) is 2.11. The van der Waals surface area contributed by atoms with E-state index < -0.39 is 30.4 Å². The van der Waals surface area contributed by atoms with Crippen LogP contribution in [0.1, 0.15) is 5.56 Å². The second kappa shape index (κ2) is 6.05. The predicted molar refractivity (Wildman–Crippen MR) is 74.6 cm³/mol. The van der Waals surface area contributed by atoms with Crippen molar-refractivity contribution in [3.63, 3.8) is 0 Å². The summed E-state index contributed by atoms with van der Waals surface area (Å²) in [6.07, 6.45) is 0.177. The molecule has 6 N–H and O–H groups in total. The first-order chi connectivity index (χ1) is 10.6. The molecule has 3 amide bonds. The lowest BCUT2D eigenvalue weighted by Crippen LogP contribution is -2.80. The van der Waals surface area contributed by atoms with Gasteiger partial charge in [0.15, 0.2) is 6.29 Å². The Morgan fingerprint density at radius 1 is 1.23 bits per heavy atom. The minimum absolute atomic E-state index is 0.335. The Bertz CT molecular complexity index is 623. The number of fused-ring (bicyclic) bond motifs is 1. The number of halogens is 1. The summed E-state index contributed by atoms with van der Waals surface area (Å²) in [5.41, 5.74) is 8.55. The Morgan fingerprint density at radius 2 is 2.05 bits per heavy atom. The first-order valence-corrected chi connectivity index (χ1v) is 6.55. The summed E-state index contributed by atoms with van der Waals surface area (Å²) in [5, 5.41) is 11.5. The first-order valence-electron chi connectivity index (χ1n) is 6.55. The van der Waals surface area contributed by atoms with Crippen LogP contribution < -0.4 is 32.2 Å². The zero-order valence-corrected chi connectivity index (χ0v) is 11.3. The van der Waals surface area contributed by atoms with Gasteiger partial charge in [-0.05, 0) is 6.07 Å². The van der Waals surface area contributed by atoms with E-state index in [2.05, 4.69) is 37.3 Å². The maximum atomic E-state index is 13.4. The van der Waals surface area contributed by atoms with Crippen molar-refractivity contribution in [3.05, 3.63) is 35.6 Å². The fourth-order valence-corrected chi connectivity index (χ4v) is 2.11. The number of nitrogens with zero attached hydrogens (tertiary/aromatic N) is 1. The monoisotopic (exact) mass is 307 g/mol. The van der Waals surface area contributed by atoms with Crippen molar-refractivity contribution in [1.29, 1.82) is 0 Å². The first kappa shape index (κ1) is 14.4. The van der Waals surface area contributed by atoms with Gasteiger partial charge in [0.25, 0.3) is 0 Å². The normalized spacial score (nSPS) is 28.0. The third-order valence-corrected chi connectivity index (χ3v) is 3.18. The summed E-state index contributed by atoms with van der Waals surface area (Å²) < 4.78 is 13.4. The Morgan fingerprint density at radius 3 is 2.86 bits per heavy atom. The van der Waals surface area contributed by atoms with E-state index in [1.165, 1.54) is 12.3 Å². The van der Waals surface area contributed by atoms with Crippen molar-refractivity contribution in [2.24, 2.45) is 5.10 Å². The highest BCUT2D eigenvalue weighted by atomic mass is 19.1. The van der Waals surface area contributed by atoms with Gasteiger partial charge in [0.2, 0.25) is 5.91 Å². The molecule has 1 aromatic carbocycles. The van der Waals surface area contributed by atoms with Gasteiger partial charge in [-0.1, -0.05) is 18.2 Å². The molecular formula is C12H14FN7O2. The number of hydrazine groups is 1. The van der Waals surface area contributed by atoms with E-state index in [1.54, 1.807) is 18.2 Å². The van der Waals surface area contributed by atoms with Crippen LogP contribution >= 0.6 is 0 Å². The Balaban J connectivity index is 1.57. The van der Waals surface area contributed by atoms with Gasteiger partial charge in [-0.25, -0.2) is 20.0 Å². The third kappa shape index (κ3) is 3.03. The third-order valence-electron chi connectivity index (χ3n) is 3.18. The van der Waals surface area contributed by atoms with Gasteiger partial charge >= 0.3 is 6.03 Å². The van der Waals surface area contributed by atoms with Crippen LogP contribution in [0.3, 0.4) is 0 Å². The summed E-state index contributed by atoms with van der Waals surface area (Å²) in [5.74, 6) is -0.825. The number of imide groups is 1. The summed E-state index contributed by atoms with van der Waals surface area (Å²) in [7, 11) is 0. The molecule has 0 spiro atoms. The molecule has 9 nitrogen and oxygen atoms in total. The quantitative estimate of drug-likeness (QED) is 0.292. The van der Waals surface area contributed by atoms with Crippen molar-refractivity contribution >= 4 is 18.2 Å². The van der Waals surface area contributed by atoms with Crippen LogP contribution in [0, 0.1) is 5.82 Å². The number of hydrogen-bond acceptors (Lipinski definition) is 7. The molecule has 0 bridgehead atoms. The van der Waals surface area contributed by atoms with Crippen molar-refractivity contribution in [2.75, 3.05) is 0 Å². The van der Waals surface area contributed by atoms with E-state index in [0.717, 1.165) is 0 Å². The Hall–Kier alpha value is -2.56. The van der Waals surface area contributed by atoms with Gasteiger partial charge in [0, 0.05) is 5.56 Å². The van der Waals surface area contributed by atoms with E-state index in [4.69, 9.17) is 0 Å². The zero-order chi connectivity index (χ0) is 15.5. The zero-order valence-electron chi connectivity index (χ0n) is 11.3. The SMILES string of the molecule is O=C1NC(=O)C2NNC(N/N=C\c3ccccc3F)NC2N1. The van der Waals surface area contributed by atoms with Crippen LogP contribution in [-0.4, -0.2) is 36.7 Å². The molecule has 2 aliphatic rings. The van der Waals surface area contributed by atoms with Crippen molar-refractivity contribution < 1.29 is 14.0 Å². The van der Waals surface area contributed by atoms with E-state index in [1.807, 2.05) is 0 Å². The van der Waals surface area contributed by atoms with Crippen molar-refractivity contribution in [1.82, 2.24) is 32.2 Å². The van der Waals surface area contributed by atoms with Crippen molar-refractivity contribution in [3.8, 4) is 0 Å². The molecule has 2 heterocycles. The molecule has 3 atom stereocenters. The number of benzene rings is 1. The second-order valence-electron chi connectivity index (χ2n) is 4.72. The molecule has 0 aromatic heterocycles. The van der Waals surface area contributed by atoms with Gasteiger partial charge in [-0.2, -0.15) is 5.10 Å². The number of hydrogen-bond donors (Lipinski definition) is 6. The van der Waals surface area contributed by atoms with Gasteiger partial charge < -0.3 is 5.32 Å².